The molecule has 0 saturated heterocycles. The Kier molecular flexibility index (Phi) is 5.53. The highest BCUT2D eigenvalue weighted by Gasteiger charge is 2.29. The van der Waals surface area contributed by atoms with Gasteiger partial charge in [0, 0.05) is 28.5 Å². The van der Waals surface area contributed by atoms with E-state index >= 15 is 0 Å². The van der Waals surface area contributed by atoms with Crippen molar-refractivity contribution in [1.29, 1.82) is 0 Å². The third-order valence-corrected chi connectivity index (χ3v) is 6.69. The van der Waals surface area contributed by atoms with E-state index in [1.807, 2.05) is 49.5 Å². The topological polar surface area (TPSA) is 79.8 Å². The van der Waals surface area contributed by atoms with E-state index in [-0.39, 0.29) is 23.3 Å². The van der Waals surface area contributed by atoms with E-state index in [0.29, 0.717) is 26.9 Å². The summed E-state index contributed by atoms with van der Waals surface area (Å²) in [4.78, 5) is 33.8. The Labute approximate surface area is 194 Å². The predicted octanol–water partition coefficient (Wildman–Crippen LogP) is 5.42. The molecule has 0 aliphatic heterocycles. The molecule has 2 aromatic carbocycles. The van der Waals surface area contributed by atoms with Gasteiger partial charge in [-0.2, -0.15) is 0 Å². The van der Waals surface area contributed by atoms with Crippen LogP contribution in [0.2, 0.25) is 5.02 Å². The molecule has 0 radical (unpaired) electrons. The van der Waals surface area contributed by atoms with Crippen LogP contribution in [0.25, 0.3) is 22.2 Å². The molecule has 5 rings (SSSR count). The van der Waals surface area contributed by atoms with E-state index in [0.717, 1.165) is 29.5 Å². The highest BCUT2D eigenvalue weighted by atomic mass is 35.5. The molecule has 162 valence electrons. The van der Waals surface area contributed by atoms with E-state index < -0.39 is 0 Å². The van der Waals surface area contributed by atoms with Crippen molar-refractivity contribution in [2.75, 3.05) is 11.1 Å². The summed E-state index contributed by atoms with van der Waals surface area (Å²) in [6, 6.07) is 15.4. The summed E-state index contributed by atoms with van der Waals surface area (Å²) in [5, 5.41) is 4.04. The first kappa shape index (κ1) is 20.8. The highest BCUT2D eigenvalue weighted by molar-refractivity contribution is 7.99. The van der Waals surface area contributed by atoms with E-state index in [1.54, 1.807) is 16.7 Å². The Balaban J connectivity index is 1.46. The van der Waals surface area contributed by atoms with Crippen LogP contribution in [0.1, 0.15) is 24.4 Å². The molecule has 32 heavy (non-hydrogen) atoms. The molecule has 1 saturated carbocycles. The summed E-state index contributed by atoms with van der Waals surface area (Å²) >= 11 is 7.34. The number of amides is 1. The molecule has 4 aromatic rings. The Morgan fingerprint density at radius 2 is 2.03 bits per heavy atom. The molecular formula is C24H21ClN4O2S. The van der Waals surface area contributed by atoms with Gasteiger partial charge in [-0.3, -0.25) is 14.2 Å². The maximum absolute atomic E-state index is 13.3. The van der Waals surface area contributed by atoms with Gasteiger partial charge < -0.3 is 10.3 Å². The van der Waals surface area contributed by atoms with Crippen LogP contribution in [0.15, 0.2) is 64.7 Å². The number of aromatic amines is 1. The molecule has 0 unspecified atom stereocenters. The van der Waals surface area contributed by atoms with Crippen molar-refractivity contribution in [3.05, 3.63) is 75.7 Å². The van der Waals surface area contributed by atoms with Gasteiger partial charge in [0.1, 0.15) is 11.0 Å². The normalized spacial score (nSPS) is 13.4. The fraction of sp³-hybridized carbons (Fsp3) is 0.208. The minimum atomic E-state index is -0.172. The van der Waals surface area contributed by atoms with Gasteiger partial charge in [0.05, 0.1) is 5.75 Å². The lowest BCUT2D eigenvalue weighted by Gasteiger charge is -2.12. The molecule has 2 heterocycles. The molecule has 1 aliphatic carbocycles. The third-order valence-electron chi connectivity index (χ3n) is 5.50. The molecule has 0 atom stereocenters. The van der Waals surface area contributed by atoms with E-state index in [2.05, 4.69) is 10.3 Å². The lowest BCUT2D eigenvalue weighted by molar-refractivity contribution is -0.113. The predicted molar refractivity (Wildman–Crippen MR) is 130 cm³/mol. The van der Waals surface area contributed by atoms with E-state index in [4.69, 9.17) is 16.6 Å². The molecule has 8 heteroatoms. The fourth-order valence-corrected chi connectivity index (χ4v) is 4.72. The third kappa shape index (κ3) is 4.06. The van der Waals surface area contributed by atoms with E-state index in [1.165, 1.54) is 11.8 Å². The van der Waals surface area contributed by atoms with E-state index in [9.17, 15) is 9.59 Å². The first-order valence-corrected chi connectivity index (χ1v) is 11.8. The number of thioether (sulfide) groups is 1. The molecule has 2 N–H and O–H groups in total. The second kappa shape index (κ2) is 8.48. The van der Waals surface area contributed by atoms with Crippen molar-refractivity contribution in [3.63, 3.8) is 0 Å². The Morgan fingerprint density at radius 1 is 1.25 bits per heavy atom. The largest absolute Gasteiger partial charge is 0.355 e. The van der Waals surface area contributed by atoms with Gasteiger partial charge in [-0.15, -0.1) is 0 Å². The van der Waals surface area contributed by atoms with Crippen LogP contribution in [-0.4, -0.2) is 26.2 Å². The van der Waals surface area contributed by atoms with Crippen LogP contribution in [0.4, 0.5) is 5.69 Å². The van der Waals surface area contributed by atoms with Gasteiger partial charge in [0.15, 0.2) is 5.16 Å². The summed E-state index contributed by atoms with van der Waals surface area (Å²) in [5.41, 5.74) is 4.52. The Morgan fingerprint density at radius 3 is 2.78 bits per heavy atom. The Hall–Kier alpha value is -3.03. The number of aryl methyl sites for hydroxylation is 1. The number of nitrogens with one attached hydrogen (secondary N) is 2. The molecular weight excluding hydrogens is 444 g/mol. The quantitative estimate of drug-likeness (QED) is 0.295. The summed E-state index contributed by atoms with van der Waals surface area (Å²) in [6.07, 6.45) is 3.72. The number of rotatable bonds is 6. The van der Waals surface area contributed by atoms with Gasteiger partial charge in [-0.25, -0.2) is 4.98 Å². The summed E-state index contributed by atoms with van der Waals surface area (Å²) in [5.74, 6) is -0.0313. The summed E-state index contributed by atoms with van der Waals surface area (Å²) in [6.45, 7) is 1.91. The molecule has 0 bridgehead atoms. The molecule has 1 amide bonds. The minimum absolute atomic E-state index is 0.0896. The number of carbonyl (C=O) groups excluding carboxylic acids is 1. The molecule has 1 aliphatic rings. The van der Waals surface area contributed by atoms with Crippen LogP contribution < -0.4 is 10.9 Å². The number of anilines is 1. The fourth-order valence-electron chi connectivity index (χ4n) is 3.69. The monoisotopic (exact) mass is 464 g/mol. The van der Waals surface area contributed by atoms with Crippen molar-refractivity contribution in [2.24, 2.45) is 0 Å². The standard InChI is InChI=1S/C24H21ClN4O2S/c1-14-7-8-16(25)11-19(14)27-20(30)13-32-24-28-21-18(15-5-3-2-4-6-15)12-26-22(21)23(31)29(24)17-9-10-17/h2-8,11-12,17,26H,9-10,13H2,1H3,(H,27,30). The zero-order valence-electron chi connectivity index (χ0n) is 17.4. The van der Waals surface area contributed by atoms with Crippen LogP contribution >= 0.6 is 23.4 Å². The number of hydrogen-bond acceptors (Lipinski definition) is 4. The van der Waals surface area contributed by atoms with Gasteiger partial charge in [-0.05, 0) is 43.0 Å². The first-order chi connectivity index (χ1) is 15.5. The number of nitrogens with zero attached hydrogens (tertiary/aromatic N) is 2. The average molecular weight is 465 g/mol. The summed E-state index contributed by atoms with van der Waals surface area (Å²) < 4.78 is 1.73. The van der Waals surface area contributed by atoms with Crippen LogP contribution in [-0.2, 0) is 4.79 Å². The second-order valence-corrected chi connectivity index (χ2v) is 9.27. The maximum Gasteiger partial charge on any atom is 0.278 e. The van der Waals surface area contributed by atoms with Crippen LogP contribution in [0.5, 0.6) is 0 Å². The van der Waals surface area contributed by atoms with Crippen LogP contribution in [0, 0.1) is 6.92 Å². The van der Waals surface area contributed by atoms with Crippen molar-refractivity contribution < 1.29 is 4.79 Å². The number of H-pyrrole nitrogens is 1. The number of hydrogen-bond donors (Lipinski definition) is 2. The Bertz CT molecular complexity index is 1380. The average Bonchev–Trinajstić information content (AvgIpc) is 3.53. The summed E-state index contributed by atoms with van der Waals surface area (Å²) in [7, 11) is 0. The van der Waals surface area contributed by atoms with Gasteiger partial charge in [0.25, 0.3) is 5.56 Å². The number of aromatic nitrogens is 3. The second-order valence-electron chi connectivity index (χ2n) is 7.89. The lowest BCUT2D eigenvalue weighted by Crippen LogP contribution is -2.23. The smallest absolute Gasteiger partial charge is 0.278 e. The van der Waals surface area contributed by atoms with Crippen molar-refractivity contribution in [2.45, 2.75) is 31.0 Å². The zero-order chi connectivity index (χ0) is 22.2. The minimum Gasteiger partial charge on any atom is -0.355 e. The molecule has 6 nitrogen and oxygen atoms in total. The highest BCUT2D eigenvalue weighted by Crippen LogP contribution is 2.37. The van der Waals surface area contributed by atoms with Crippen molar-refractivity contribution >= 4 is 46.0 Å². The van der Waals surface area contributed by atoms with Gasteiger partial charge in [0.2, 0.25) is 5.91 Å². The first-order valence-electron chi connectivity index (χ1n) is 10.4. The van der Waals surface area contributed by atoms with Gasteiger partial charge >= 0.3 is 0 Å². The number of carbonyl (C=O) groups is 1. The lowest BCUT2D eigenvalue weighted by atomic mass is 10.1. The van der Waals surface area contributed by atoms with Crippen molar-refractivity contribution in [3.8, 4) is 11.1 Å². The maximum atomic E-state index is 13.3. The van der Waals surface area contributed by atoms with Gasteiger partial charge in [-0.1, -0.05) is 59.8 Å². The van der Waals surface area contributed by atoms with Crippen LogP contribution in [0.3, 0.4) is 0 Å². The molecule has 1 fully saturated rings. The molecule has 0 spiro atoms. The number of benzene rings is 2. The zero-order valence-corrected chi connectivity index (χ0v) is 19.0. The number of halogens is 1. The van der Waals surface area contributed by atoms with Crippen molar-refractivity contribution in [1.82, 2.24) is 14.5 Å². The molecule has 2 aromatic heterocycles. The number of fused-ring (bicyclic) bond motifs is 1. The SMILES string of the molecule is Cc1ccc(Cl)cc1NC(=O)CSc1nc2c(-c3ccccc3)c[nH]c2c(=O)n1C1CC1.